The number of carboxylic acid groups (broad SMARTS) is 1. The van der Waals surface area contributed by atoms with Gasteiger partial charge in [-0.15, -0.1) is 0 Å². The number of aliphatic hydroxyl groups excluding tert-OH is 1. The molecule has 0 radical (unpaired) electrons. The molecule has 2 aromatic heterocycles. The van der Waals surface area contributed by atoms with Crippen LogP contribution in [-0.2, 0) is 32.0 Å². The fraction of sp³-hybridized carbons (Fsp3) is 0.333. The average Bonchev–Trinajstić information content (AvgIpc) is 3.57. The third kappa shape index (κ3) is 6.96. The number of aromatic amines is 2. The molecule has 0 aliphatic carbocycles. The van der Waals surface area contributed by atoms with Crippen molar-refractivity contribution in [2.75, 3.05) is 6.61 Å². The van der Waals surface area contributed by atoms with Gasteiger partial charge in [-0.3, -0.25) is 14.4 Å². The van der Waals surface area contributed by atoms with E-state index in [-0.39, 0.29) is 12.8 Å². The van der Waals surface area contributed by atoms with Crippen LogP contribution < -0.4 is 21.7 Å². The molecule has 0 bridgehead atoms. The zero-order chi connectivity index (χ0) is 30.4. The fourth-order valence-electron chi connectivity index (χ4n) is 4.87. The van der Waals surface area contributed by atoms with E-state index in [9.17, 15) is 29.4 Å². The maximum absolute atomic E-state index is 13.6. The minimum Gasteiger partial charge on any atom is -0.480 e. The van der Waals surface area contributed by atoms with Gasteiger partial charge in [-0.05, 0) is 35.6 Å². The van der Waals surface area contributed by atoms with E-state index in [2.05, 4.69) is 25.9 Å². The highest BCUT2D eigenvalue weighted by Gasteiger charge is 2.32. The topological polar surface area (TPSA) is 202 Å². The fourth-order valence-corrected chi connectivity index (χ4v) is 4.87. The van der Waals surface area contributed by atoms with Crippen molar-refractivity contribution < 1.29 is 29.4 Å². The summed E-state index contributed by atoms with van der Waals surface area (Å²) in [7, 11) is 0. The molecular formula is C30H36N6O6. The zero-order valence-corrected chi connectivity index (χ0v) is 23.4. The van der Waals surface area contributed by atoms with Crippen molar-refractivity contribution in [1.29, 1.82) is 0 Å². The van der Waals surface area contributed by atoms with Crippen molar-refractivity contribution in [3.63, 3.8) is 0 Å². The van der Waals surface area contributed by atoms with Gasteiger partial charge in [0, 0.05) is 40.6 Å². The number of fused-ring (bicyclic) bond motifs is 2. The number of benzene rings is 2. The van der Waals surface area contributed by atoms with Crippen LogP contribution in [0.2, 0.25) is 0 Å². The Bertz CT molecular complexity index is 1580. The molecule has 12 nitrogen and oxygen atoms in total. The normalized spacial score (nSPS) is 14.3. The lowest BCUT2D eigenvalue weighted by Gasteiger charge is -2.27. The molecular weight excluding hydrogens is 540 g/mol. The molecule has 0 saturated heterocycles. The summed E-state index contributed by atoms with van der Waals surface area (Å²) in [6, 6.07) is 10.5. The number of carbonyl (C=O) groups excluding carboxylic acids is 3. The number of amides is 3. The molecule has 9 N–H and O–H groups in total. The van der Waals surface area contributed by atoms with E-state index in [4.69, 9.17) is 5.73 Å². The van der Waals surface area contributed by atoms with Crippen molar-refractivity contribution in [3.8, 4) is 0 Å². The second-order valence-electron chi connectivity index (χ2n) is 10.6. The van der Waals surface area contributed by atoms with E-state index in [1.165, 1.54) is 0 Å². The summed E-state index contributed by atoms with van der Waals surface area (Å²) in [4.78, 5) is 57.5. The van der Waals surface area contributed by atoms with Crippen LogP contribution in [0.1, 0.15) is 25.0 Å². The van der Waals surface area contributed by atoms with Crippen molar-refractivity contribution in [2.45, 2.75) is 50.9 Å². The van der Waals surface area contributed by atoms with Crippen LogP contribution in [0.5, 0.6) is 0 Å². The van der Waals surface area contributed by atoms with Gasteiger partial charge in [0.2, 0.25) is 17.7 Å². The number of aromatic nitrogens is 2. The van der Waals surface area contributed by atoms with Gasteiger partial charge >= 0.3 is 5.97 Å². The first kappa shape index (κ1) is 30.3. The highest BCUT2D eigenvalue weighted by molar-refractivity contribution is 5.95. The number of carbonyl (C=O) groups is 4. The number of nitrogens with one attached hydrogen (secondary N) is 5. The average molecular weight is 577 g/mol. The number of nitrogens with two attached hydrogens (primary N) is 1. The monoisotopic (exact) mass is 576 g/mol. The predicted molar refractivity (Wildman–Crippen MR) is 157 cm³/mol. The summed E-state index contributed by atoms with van der Waals surface area (Å²) >= 11 is 0. The molecule has 2 aromatic carbocycles. The lowest BCUT2D eigenvalue weighted by Crippen LogP contribution is -2.59. The number of aliphatic carboxylic acids is 1. The van der Waals surface area contributed by atoms with E-state index in [1.807, 2.05) is 48.5 Å². The van der Waals surface area contributed by atoms with E-state index in [1.54, 1.807) is 26.2 Å². The van der Waals surface area contributed by atoms with Gasteiger partial charge in [0.15, 0.2) is 0 Å². The molecule has 0 aliphatic heterocycles. The summed E-state index contributed by atoms with van der Waals surface area (Å²) < 4.78 is 0. The molecule has 4 aromatic rings. The quantitative estimate of drug-likeness (QED) is 0.116. The van der Waals surface area contributed by atoms with Crippen LogP contribution in [0.25, 0.3) is 21.8 Å². The van der Waals surface area contributed by atoms with Crippen LogP contribution >= 0.6 is 0 Å². The number of rotatable bonds is 13. The number of hydrogen-bond acceptors (Lipinski definition) is 6. The van der Waals surface area contributed by atoms with Crippen molar-refractivity contribution in [3.05, 3.63) is 72.1 Å². The first-order chi connectivity index (χ1) is 20.1. The molecule has 4 atom stereocenters. The Kier molecular flexibility index (Phi) is 9.60. The lowest BCUT2D eigenvalue weighted by molar-refractivity contribution is -0.143. The second-order valence-corrected chi connectivity index (χ2v) is 10.6. The summed E-state index contributed by atoms with van der Waals surface area (Å²) in [5, 5.41) is 28.0. The number of carboxylic acids is 1. The Labute approximate surface area is 242 Å². The molecule has 222 valence electrons. The Morgan fingerprint density at radius 1 is 0.762 bits per heavy atom. The molecule has 3 amide bonds. The molecule has 0 aliphatic rings. The van der Waals surface area contributed by atoms with Gasteiger partial charge in [0.25, 0.3) is 0 Å². The van der Waals surface area contributed by atoms with Crippen molar-refractivity contribution in [1.82, 2.24) is 25.9 Å². The SMILES string of the molecule is CC(C)C(NC(=O)C(Cc1c[nH]c2ccccc12)NC(=O)C(N)Cc1c[nH]c2ccccc12)C(=O)NC(CO)C(=O)O. The van der Waals surface area contributed by atoms with Crippen LogP contribution in [0.4, 0.5) is 0 Å². The first-order valence-corrected chi connectivity index (χ1v) is 13.7. The molecule has 2 heterocycles. The summed E-state index contributed by atoms with van der Waals surface area (Å²) in [5.41, 5.74) is 9.71. The van der Waals surface area contributed by atoms with Gasteiger partial charge in [-0.25, -0.2) is 4.79 Å². The summed E-state index contributed by atoms with van der Waals surface area (Å²) in [6.07, 6.45) is 3.89. The lowest BCUT2D eigenvalue weighted by atomic mass is 9.99. The molecule has 0 spiro atoms. The van der Waals surface area contributed by atoms with Crippen molar-refractivity contribution >= 4 is 45.5 Å². The van der Waals surface area contributed by atoms with Crippen molar-refractivity contribution in [2.24, 2.45) is 11.7 Å². The standard InChI is InChI=1S/C30H36N6O6/c1-16(2)26(29(40)35-25(15-37)30(41)42)36-28(39)24(12-18-14-33-23-10-6-4-8-20(18)23)34-27(38)21(31)11-17-13-32-22-9-5-3-7-19(17)22/h3-10,13-14,16,21,24-26,32-33,37H,11-12,15,31H2,1-2H3,(H,34,38)(H,35,40)(H,36,39)(H,41,42). The van der Waals surface area contributed by atoms with Crippen LogP contribution in [-0.4, -0.2) is 74.6 Å². The van der Waals surface area contributed by atoms with E-state index in [0.717, 1.165) is 32.9 Å². The Morgan fingerprint density at radius 2 is 1.29 bits per heavy atom. The molecule has 4 rings (SSSR count). The summed E-state index contributed by atoms with van der Waals surface area (Å²) in [5.74, 6) is -3.80. The van der Waals surface area contributed by atoms with E-state index >= 15 is 0 Å². The Balaban J connectivity index is 1.54. The molecule has 4 unspecified atom stereocenters. The van der Waals surface area contributed by atoms with Gasteiger partial charge in [0.05, 0.1) is 12.6 Å². The van der Waals surface area contributed by atoms with Gasteiger partial charge in [-0.2, -0.15) is 0 Å². The maximum Gasteiger partial charge on any atom is 0.328 e. The predicted octanol–water partition coefficient (Wildman–Crippen LogP) is 0.949. The molecule has 0 fully saturated rings. The molecule has 0 saturated carbocycles. The third-order valence-corrected chi connectivity index (χ3v) is 7.23. The number of H-pyrrole nitrogens is 2. The maximum atomic E-state index is 13.6. The van der Waals surface area contributed by atoms with Gasteiger partial charge < -0.3 is 41.9 Å². The first-order valence-electron chi connectivity index (χ1n) is 13.7. The highest BCUT2D eigenvalue weighted by Crippen LogP contribution is 2.21. The minimum atomic E-state index is -1.53. The van der Waals surface area contributed by atoms with Gasteiger partial charge in [0.1, 0.15) is 18.1 Å². The second kappa shape index (κ2) is 13.3. The smallest absolute Gasteiger partial charge is 0.328 e. The van der Waals surface area contributed by atoms with Crippen LogP contribution in [0.15, 0.2) is 60.9 Å². The summed E-state index contributed by atoms with van der Waals surface area (Å²) in [6.45, 7) is 2.56. The third-order valence-electron chi connectivity index (χ3n) is 7.23. The van der Waals surface area contributed by atoms with Crippen LogP contribution in [0.3, 0.4) is 0 Å². The largest absolute Gasteiger partial charge is 0.480 e. The Morgan fingerprint density at radius 3 is 1.81 bits per heavy atom. The molecule has 42 heavy (non-hydrogen) atoms. The number of para-hydroxylation sites is 2. The zero-order valence-electron chi connectivity index (χ0n) is 23.4. The van der Waals surface area contributed by atoms with Gasteiger partial charge in [-0.1, -0.05) is 50.2 Å². The highest BCUT2D eigenvalue weighted by atomic mass is 16.4. The number of aliphatic hydroxyl groups is 1. The Hall–Kier alpha value is -4.68. The van der Waals surface area contributed by atoms with E-state index < -0.39 is 60.4 Å². The minimum absolute atomic E-state index is 0.0994. The molecule has 12 heteroatoms. The van der Waals surface area contributed by atoms with Crippen LogP contribution in [0, 0.1) is 5.92 Å². The van der Waals surface area contributed by atoms with E-state index in [0.29, 0.717) is 0 Å². The number of hydrogen-bond donors (Lipinski definition) is 8.